The molecule has 0 saturated heterocycles. The second-order valence-electron chi connectivity index (χ2n) is 6.72. The number of amides is 1. The van der Waals surface area contributed by atoms with Crippen LogP contribution >= 0.6 is 0 Å². The molecule has 2 unspecified atom stereocenters. The zero-order valence-electron chi connectivity index (χ0n) is 13.3. The van der Waals surface area contributed by atoms with Gasteiger partial charge in [0.25, 0.3) is 0 Å². The largest absolute Gasteiger partial charge is 0.378 e. The molecule has 21 heavy (non-hydrogen) atoms. The summed E-state index contributed by atoms with van der Waals surface area (Å²) in [6.07, 6.45) is 1.38. The normalized spacial score (nSPS) is 28.5. The van der Waals surface area contributed by atoms with E-state index < -0.39 is 6.04 Å². The smallest absolute Gasteiger partial charge is 0.237 e. The lowest BCUT2D eigenvalue weighted by atomic mass is 9.56. The van der Waals surface area contributed by atoms with Crippen molar-refractivity contribution in [3.8, 4) is 0 Å². The van der Waals surface area contributed by atoms with Gasteiger partial charge in [-0.05, 0) is 25.3 Å². The first kappa shape index (κ1) is 16.0. The van der Waals surface area contributed by atoms with Crippen LogP contribution in [-0.2, 0) is 16.0 Å². The number of carbonyl (C=O) groups excluding carboxylic acids is 1. The Hall–Kier alpha value is -1.39. The third kappa shape index (κ3) is 2.97. The van der Waals surface area contributed by atoms with Crippen LogP contribution in [-0.4, -0.2) is 30.7 Å². The second-order valence-corrected chi connectivity index (χ2v) is 6.72. The summed E-state index contributed by atoms with van der Waals surface area (Å²) >= 11 is 0. The number of nitrogens with one attached hydrogen (secondary N) is 1. The number of hydrogen-bond acceptors (Lipinski definition) is 3. The zero-order chi connectivity index (χ0) is 15.7. The highest BCUT2D eigenvalue weighted by atomic mass is 16.5. The van der Waals surface area contributed by atoms with Gasteiger partial charge in [0, 0.05) is 18.6 Å². The summed E-state index contributed by atoms with van der Waals surface area (Å²) in [4.78, 5) is 12.3. The van der Waals surface area contributed by atoms with Crippen LogP contribution in [0.2, 0.25) is 0 Å². The summed E-state index contributed by atoms with van der Waals surface area (Å²) < 4.78 is 5.57. The Balaban J connectivity index is 1.91. The molecule has 0 aliphatic heterocycles. The fraction of sp³-hybridized carbons (Fsp3) is 0.588. The van der Waals surface area contributed by atoms with Crippen LogP contribution in [0, 0.1) is 5.41 Å². The third-order valence-corrected chi connectivity index (χ3v) is 5.23. The molecule has 4 heteroatoms. The van der Waals surface area contributed by atoms with Gasteiger partial charge in [-0.1, -0.05) is 44.2 Å². The van der Waals surface area contributed by atoms with E-state index >= 15 is 0 Å². The number of nitrogens with two attached hydrogens (primary N) is 1. The van der Waals surface area contributed by atoms with E-state index in [0.29, 0.717) is 6.42 Å². The van der Waals surface area contributed by atoms with Crippen molar-refractivity contribution in [1.82, 2.24) is 5.32 Å². The van der Waals surface area contributed by atoms with E-state index in [1.54, 1.807) is 7.11 Å². The topological polar surface area (TPSA) is 64.3 Å². The van der Waals surface area contributed by atoms with Gasteiger partial charge in [-0.25, -0.2) is 0 Å². The van der Waals surface area contributed by atoms with Gasteiger partial charge < -0.3 is 15.8 Å². The first-order valence-electron chi connectivity index (χ1n) is 7.45. The lowest BCUT2D eigenvalue weighted by Crippen LogP contribution is -2.69. The van der Waals surface area contributed by atoms with Crippen molar-refractivity contribution >= 4 is 5.91 Å². The Morgan fingerprint density at radius 3 is 2.52 bits per heavy atom. The van der Waals surface area contributed by atoms with Gasteiger partial charge in [0.1, 0.15) is 0 Å². The molecule has 0 aromatic heterocycles. The third-order valence-electron chi connectivity index (χ3n) is 5.23. The molecule has 4 nitrogen and oxygen atoms in total. The molecule has 0 bridgehead atoms. The van der Waals surface area contributed by atoms with Crippen LogP contribution in [0.15, 0.2) is 30.3 Å². The van der Waals surface area contributed by atoms with Crippen LogP contribution in [0.4, 0.5) is 0 Å². The van der Waals surface area contributed by atoms with Crippen LogP contribution in [0.5, 0.6) is 0 Å². The molecule has 3 N–H and O–H groups in total. The molecule has 1 aliphatic rings. The van der Waals surface area contributed by atoms with Gasteiger partial charge in [0.2, 0.25) is 5.91 Å². The molecule has 2 rings (SSSR count). The average molecular weight is 290 g/mol. The van der Waals surface area contributed by atoms with Crippen molar-refractivity contribution in [2.75, 3.05) is 7.11 Å². The second kappa shape index (κ2) is 5.78. The molecule has 3 atom stereocenters. The Kier molecular flexibility index (Phi) is 4.40. The van der Waals surface area contributed by atoms with E-state index in [-0.39, 0.29) is 23.0 Å². The van der Waals surface area contributed by atoms with Crippen molar-refractivity contribution in [3.63, 3.8) is 0 Å². The molecule has 1 aromatic carbocycles. The van der Waals surface area contributed by atoms with Crippen molar-refractivity contribution in [2.24, 2.45) is 11.1 Å². The van der Waals surface area contributed by atoms with E-state index in [2.05, 4.69) is 26.1 Å². The van der Waals surface area contributed by atoms with Gasteiger partial charge >= 0.3 is 0 Å². The van der Waals surface area contributed by atoms with Crippen molar-refractivity contribution in [2.45, 2.75) is 51.3 Å². The van der Waals surface area contributed by atoms with E-state index in [1.807, 2.05) is 30.3 Å². The molecule has 116 valence electrons. The number of carbonyl (C=O) groups is 1. The Morgan fingerprint density at radius 2 is 2.00 bits per heavy atom. The minimum Gasteiger partial charge on any atom is -0.378 e. The monoisotopic (exact) mass is 290 g/mol. The van der Waals surface area contributed by atoms with Gasteiger partial charge in [0.15, 0.2) is 0 Å². The van der Waals surface area contributed by atoms with Crippen LogP contribution in [0.1, 0.15) is 32.8 Å². The first-order chi connectivity index (χ1) is 9.80. The number of benzene rings is 1. The minimum atomic E-state index is -0.516. The molecular weight excluding hydrogens is 264 g/mol. The molecule has 1 saturated carbocycles. The Labute approximate surface area is 127 Å². The standard InChI is InChI=1S/C17H26N2O2/c1-16(2)14(11-17(16,3)21-4)19-15(20)13(18)10-12-8-6-5-7-9-12/h5-9,13-14H,10-11,18H2,1-4H3,(H,19,20)/t13-,14?,17?/m0/s1. The fourth-order valence-electron chi connectivity index (χ4n) is 2.96. The quantitative estimate of drug-likeness (QED) is 0.870. The van der Waals surface area contributed by atoms with Crippen LogP contribution in [0.25, 0.3) is 0 Å². The summed E-state index contributed by atoms with van der Waals surface area (Å²) in [6, 6.07) is 9.44. The predicted octanol–water partition coefficient (Wildman–Crippen LogP) is 1.88. The highest BCUT2D eigenvalue weighted by Gasteiger charge is 2.58. The highest BCUT2D eigenvalue weighted by Crippen LogP contribution is 2.51. The van der Waals surface area contributed by atoms with E-state index in [4.69, 9.17) is 10.5 Å². The van der Waals surface area contributed by atoms with Crippen LogP contribution in [0.3, 0.4) is 0 Å². The molecule has 0 heterocycles. The van der Waals surface area contributed by atoms with Gasteiger partial charge in [-0.3, -0.25) is 4.79 Å². The predicted molar refractivity (Wildman–Crippen MR) is 83.9 cm³/mol. The lowest BCUT2D eigenvalue weighted by Gasteiger charge is -2.59. The van der Waals surface area contributed by atoms with Gasteiger partial charge in [-0.2, -0.15) is 0 Å². The van der Waals surface area contributed by atoms with Crippen molar-refractivity contribution in [3.05, 3.63) is 35.9 Å². The zero-order valence-corrected chi connectivity index (χ0v) is 13.3. The molecule has 1 aliphatic carbocycles. The maximum atomic E-state index is 12.3. The Morgan fingerprint density at radius 1 is 1.38 bits per heavy atom. The average Bonchev–Trinajstić information content (AvgIpc) is 2.47. The Bertz CT molecular complexity index is 501. The molecular formula is C17H26N2O2. The first-order valence-corrected chi connectivity index (χ1v) is 7.45. The number of ether oxygens (including phenoxy) is 1. The summed E-state index contributed by atoms with van der Waals surface area (Å²) in [7, 11) is 1.72. The molecule has 0 radical (unpaired) electrons. The summed E-state index contributed by atoms with van der Waals surface area (Å²) in [5.74, 6) is -0.0879. The van der Waals surface area contributed by atoms with Crippen LogP contribution < -0.4 is 11.1 Å². The maximum Gasteiger partial charge on any atom is 0.237 e. The highest BCUT2D eigenvalue weighted by molar-refractivity contribution is 5.82. The number of methoxy groups -OCH3 is 1. The number of rotatable bonds is 5. The van der Waals surface area contributed by atoms with Crippen molar-refractivity contribution in [1.29, 1.82) is 0 Å². The van der Waals surface area contributed by atoms with Crippen molar-refractivity contribution < 1.29 is 9.53 Å². The molecule has 0 spiro atoms. The van der Waals surface area contributed by atoms with E-state index in [1.165, 1.54) is 0 Å². The molecule has 1 aromatic rings. The summed E-state index contributed by atoms with van der Waals surface area (Å²) in [5.41, 5.74) is 6.82. The minimum absolute atomic E-state index is 0.0879. The molecule has 1 amide bonds. The number of hydrogen-bond donors (Lipinski definition) is 2. The summed E-state index contributed by atoms with van der Waals surface area (Å²) in [5, 5.41) is 3.07. The molecule has 1 fully saturated rings. The van der Waals surface area contributed by atoms with E-state index in [9.17, 15) is 4.79 Å². The van der Waals surface area contributed by atoms with Gasteiger partial charge in [-0.15, -0.1) is 0 Å². The van der Waals surface area contributed by atoms with Gasteiger partial charge in [0.05, 0.1) is 11.6 Å². The SMILES string of the molecule is COC1(C)CC(NC(=O)[C@@H](N)Cc2ccccc2)C1(C)C. The summed E-state index contributed by atoms with van der Waals surface area (Å²) in [6.45, 7) is 6.32. The fourth-order valence-corrected chi connectivity index (χ4v) is 2.96. The maximum absolute atomic E-state index is 12.3. The van der Waals surface area contributed by atoms with E-state index in [0.717, 1.165) is 12.0 Å². The lowest BCUT2D eigenvalue weighted by molar-refractivity contribution is -0.182.